The molecule has 1 fully saturated rings. The first-order valence-electron chi connectivity index (χ1n) is 18.7. The fourth-order valence-electron chi connectivity index (χ4n) is 5.75. The lowest BCUT2D eigenvalue weighted by Gasteiger charge is -2.46. The van der Waals surface area contributed by atoms with Crippen molar-refractivity contribution in [3.8, 4) is 5.75 Å². The number of carbonyl (C=O) groups is 1. The van der Waals surface area contributed by atoms with Crippen molar-refractivity contribution in [2.24, 2.45) is 17.8 Å². The van der Waals surface area contributed by atoms with Crippen LogP contribution in [0.2, 0.25) is 36.3 Å². The van der Waals surface area contributed by atoms with Crippen LogP contribution in [0, 0.1) is 17.8 Å². The molecule has 0 aromatic heterocycles. The summed E-state index contributed by atoms with van der Waals surface area (Å²) in [5, 5.41) is -0.135. The van der Waals surface area contributed by atoms with Gasteiger partial charge >= 0.3 is 5.97 Å². The largest absolute Gasteiger partial charge is 0.497 e. The molecular weight excluding hydrogens is 697 g/mol. The molecule has 1 heterocycles. The minimum atomic E-state index is -2.42. The van der Waals surface area contributed by atoms with Gasteiger partial charge in [-0.15, -0.1) is 6.58 Å². The number of hydrogen-bond acceptors (Lipinski definition) is 10. The maximum atomic E-state index is 12.9. The Bertz CT molecular complexity index is 1230. The van der Waals surface area contributed by atoms with Crippen LogP contribution in [0.5, 0.6) is 5.75 Å². The summed E-state index contributed by atoms with van der Waals surface area (Å²) in [5.74, 6) is -0.303. The summed E-state index contributed by atoms with van der Waals surface area (Å²) < 4.78 is 55.6. The highest BCUT2D eigenvalue weighted by Crippen LogP contribution is 2.52. The number of carbonyl (C=O) groups excluding carboxylic acids is 1. The van der Waals surface area contributed by atoms with E-state index in [9.17, 15) is 4.79 Å². The Morgan fingerprint density at radius 2 is 1.54 bits per heavy atom. The van der Waals surface area contributed by atoms with Crippen LogP contribution in [0.1, 0.15) is 67.9 Å². The molecule has 10 nitrogen and oxygen atoms in total. The van der Waals surface area contributed by atoms with Crippen molar-refractivity contribution >= 4 is 22.6 Å². The topological polar surface area (TPSA) is 103 Å². The summed E-state index contributed by atoms with van der Waals surface area (Å²) in [4.78, 5) is 12.9. The van der Waals surface area contributed by atoms with E-state index in [0.717, 1.165) is 11.3 Å². The third-order valence-electron chi connectivity index (χ3n) is 11.2. The second-order valence-corrected chi connectivity index (χ2v) is 27.0. The summed E-state index contributed by atoms with van der Waals surface area (Å²) in [5.41, 5.74) is 0.370. The van der Waals surface area contributed by atoms with Gasteiger partial charge in [0.15, 0.2) is 16.6 Å². The molecule has 1 saturated heterocycles. The van der Waals surface area contributed by atoms with Crippen molar-refractivity contribution in [3.05, 3.63) is 42.5 Å². The molecule has 0 N–H and O–H groups in total. The fourth-order valence-corrected chi connectivity index (χ4v) is 8.19. The molecule has 1 aliphatic rings. The van der Waals surface area contributed by atoms with Gasteiger partial charge in [-0.05, 0) is 60.9 Å². The molecule has 2 rings (SSSR count). The van der Waals surface area contributed by atoms with Crippen LogP contribution in [0.15, 0.2) is 36.9 Å². The van der Waals surface area contributed by atoms with Crippen molar-refractivity contribution in [2.75, 3.05) is 54.0 Å². The number of epoxide rings is 1. The van der Waals surface area contributed by atoms with Gasteiger partial charge < -0.3 is 42.0 Å². The molecular formula is C40H72O10Si2. The number of benzene rings is 1. The average molecular weight is 769 g/mol. The summed E-state index contributed by atoms with van der Waals surface area (Å²) in [7, 11) is -1.40. The van der Waals surface area contributed by atoms with Crippen LogP contribution in [0.3, 0.4) is 0 Å². The second kappa shape index (κ2) is 19.8. The average Bonchev–Trinajstić information content (AvgIpc) is 3.75. The van der Waals surface area contributed by atoms with Gasteiger partial charge in [0.1, 0.15) is 24.2 Å². The van der Waals surface area contributed by atoms with Crippen molar-refractivity contribution in [1.29, 1.82) is 0 Å². The Morgan fingerprint density at radius 1 is 0.923 bits per heavy atom. The van der Waals surface area contributed by atoms with Gasteiger partial charge in [-0.2, -0.15) is 0 Å². The maximum absolute atomic E-state index is 12.9. The highest BCUT2D eigenvalue weighted by molar-refractivity contribution is 6.74. The lowest BCUT2D eigenvalue weighted by Crippen LogP contribution is -2.57. The monoisotopic (exact) mass is 768 g/mol. The van der Waals surface area contributed by atoms with E-state index in [2.05, 4.69) is 88.2 Å². The first kappa shape index (κ1) is 46.5. The van der Waals surface area contributed by atoms with E-state index < -0.39 is 46.3 Å². The number of hydrogen-bond donors (Lipinski definition) is 0. The quantitative estimate of drug-likeness (QED) is 0.0254. The third kappa shape index (κ3) is 13.3. The molecule has 0 unspecified atom stereocenters. The zero-order valence-electron chi connectivity index (χ0n) is 35.1. The van der Waals surface area contributed by atoms with E-state index in [1.54, 1.807) is 20.3 Å². The second-order valence-electron chi connectivity index (χ2n) is 17.5. The zero-order chi connectivity index (χ0) is 39.5. The minimum absolute atomic E-state index is 0.0387. The van der Waals surface area contributed by atoms with Crippen LogP contribution in [0.4, 0.5) is 0 Å². The van der Waals surface area contributed by atoms with Crippen LogP contribution in [-0.2, 0) is 48.7 Å². The first-order valence-corrected chi connectivity index (χ1v) is 24.5. The van der Waals surface area contributed by atoms with Gasteiger partial charge in [0, 0.05) is 38.4 Å². The van der Waals surface area contributed by atoms with E-state index in [1.165, 1.54) is 6.92 Å². The van der Waals surface area contributed by atoms with Gasteiger partial charge in [0.05, 0.1) is 52.4 Å². The molecule has 0 radical (unpaired) electrons. The summed E-state index contributed by atoms with van der Waals surface area (Å²) >= 11 is 0. The Morgan fingerprint density at radius 3 is 2.06 bits per heavy atom. The first-order chi connectivity index (χ1) is 24.0. The normalized spacial score (nSPS) is 21.2. The molecule has 0 amide bonds. The van der Waals surface area contributed by atoms with Gasteiger partial charge in [-0.25, -0.2) is 0 Å². The summed E-state index contributed by atoms with van der Waals surface area (Å²) in [6.45, 7) is 34.7. The van der Waals surface area contributed by atoms with Crippen molar-refractivity contribution in [3.63, 3.8) is 0 Å². The lowest BCUT2D eigenvalue weighted by atomic mass is 9.80. The van der Waals surface area contributed by atoms with Crippen molar-refractivity contribution in [2.45, 2.75) is 129 Å². The molecule has 1 aliphatic heterocycles. The van der Waals surface area contributed by atoms with Crippen LogP contribution in [-0.4, -0.2) is 101 Å². The van der Waals surface area contributed by atoms with Gasteiger partial charge in [0.25, 0.3) is 0 Å². The Hall–Kier alpha value is -1.62. The van der Waals surface area contributed by atoms with Crippen molar-refractivity contribution < 1.29 is 46.8 Å². The SMILES string of the molecule is C=C[C@@H](COCOCCOC)[C@@H](OC(C)=O)[C@H](CO[Si](C)(C)C(C)(C)C)[C@H](O[Si](C)(C)C(C)(C)C)[C@]1(C)O[C@@H]1[C@@H](C)COCc1ccc(OC)cc1. The van der Waals surface area contributed by atoms with Crippen molar-refractivity contribution in [1.82, 2.24) is 0 Å². The molecule has 300 valence electrons. The summed E-state index contributed by atoms with van der Waals surface area (Å²) in [6, 6.07) is 7.90. The number of ether oxygens (including phenoxy) is 7. The standard InChI is InChI=1S/C40H72O10Si2/c1-17-32(26-46-28-44-23-22-42-11)35(48-30(3)41)34(27-47-51(13,14)38(4,5)6)37(50-52(15,16)39(7,8)9)40(10)36(49-40)29(2)24-45-25-31-18-20-33(43-12)21-19-31/h17-21,29,32,34-37H,1,22-28H2,2-16H3/t29-,32-,34-,35+,36+,37-,40+/m0/s1. The van der Waals surface area contributed by atoms with Gasteiger partial charge in [0.2, 0.25) is 0 Å². The molecule has 0 saturated carbocycles. The molecule has 12 heteroatoms. The maximum Gasteiger partial charge on any atom is 0.302 e. The Balaban J connectivity index is 2.54. The fraction of sp³-hybridized carbons (Fsp3) is 0.775. The predicted octanol–water partition coefficient (Wildman–Crippen LogP) is 8.40. The van der Waals surface area contributed by atoms with Crippen LogP contribution in [0.25, 0.3) is 0 Å². The molecule has 7 atom stereocenters. The molecule has 0 aliphatic carbocycles. The zero-order valence-corrected chi connectivity index (χ0v) is 37.1. The molecule has 0 bridgehead atoms. The highest BCUT2D eigenvalue weighted by atomic mass is 28.4. The molecule has 0 spiro atoms. The summed E-state index contributed by atoms with van der Waals surface area (Å²) in [6.07, 6.45) is 0.502. The lowest BCUT2D eigenvalue weighted by molar-refractivity contribution is -0.161. The predicted molar refractivity (Wildman–Crippen MR) is 212 cm³/mol. The molecule has 1 aromatic carbocycles. The van der Waals surface area contributed by atoms with E-state index >= 15 is 0 Å². The van der Waals surface area contributed by atoms with Crippen LogP contribution < -0.4 is 4.74 Å². The van der Waals surface area contributed by atoms with Gasteiger partial charge in [-0.1, -0.05) is 66.7 Å². The highest BCUT2D eigenvalue weighted by Gasteiger charge is 2.65. The van der Waals surface area contributed by atoms with E-state index in [1.807, 2.05) is 24.3 Å². The molecule has 52 heavy (non-hydrogen) atoms. The smallest absolute Gasteiger partial charge is 0.302 e. The van der Waals surface area contributed by atoms with E-state index in [4.69, 9.17) is 42.0 Å². The number of methoxy groups -OCH3 is 2. The Kier molecular flexibility index (Phi) is 17.7. The number of esters is 1. The third-order valence-corrected chi connectivity index (χ3v) is 20.2. The Labute approximate surface area is 317 Å². The van der Waals surface area contributed by atoms with E-state index in [-0.39, 0.29) is 41.4 Å². The van der Waals surface area contributed by atoms with E-state index in [0.29, 0.717) is 33.0 Å². The minimum Gasteiger partial charge on any atom is -0.497 e. The van der Waals surface area contributed by atoms with Gasteiger partial charge in [-0.3, -0.25) is 4.79 Å². The number of rotatable bonds is 24. The molecule has 1 aromatic rings. The van der Waals surface area contributed by atoms with Crippen LogP contribution >= 0.6 is 0 Å².